The fourth-order valence-corrected chi connectivity index (χ4v) is 1.97. The zero-order chi connectivity index (χ0) is 14.4. The van der Waals surface area contributed by atoms with Crippen molar-refractivity contribution in [2.75, 3.05) is 0 Å². The molecule has 104 valence electrons. The minimum absolute atomic E-state index is 0.769. The predicted octanol–water partition coefficient (Wildman–Crippen LogP) is 4.64. The first-order chi connectivity index (χ1) is 9.69. The Hall–Kier alpha value is -2.22. The molecule has 2 rings (SSSR count). The van der Waals surface area contributed by atoms with Crippen molar-refractivity contribution in [2.24, 2.45) is 0 Å². The van der Waals surface area contributed by atoms with Crippen molar-refractivity contribution in [3.05, 3.63) is 83.7 Å². The van der Waals surface area contributed by atoms with Gasteiger partial charge in [-0.2, -0.15) is 0 Å². The Morgan fingerprint density at radius 2 is 2.10 bits per heavy atom. The first kappa shape index (κ1) is 14.2. The number of ether oxygens (including phenoxy) is 1. The van der Waals surface area contributed by atoms with Crippen LogP contribution in [0.4, 0.5) is 0 Å². The number of allylic oxidation sites excluding steroid dienone is 9. The zero-order valence-corrected chi connectivity index (χ0v) is 12.1. The second kappa shape index (κ2) is 6.80. The third kappa shape index (κ3) is 3.89. The molecule has 1 aliphatic carbocycles. The van der Waals surface area contributed by atoms with E-state index in [9.17, 15) is 0 Å². The van der Waals surface area contributed by atoms with Gasteiger partial charge in [0, 0.05) is 12.1 Å². The lowest BCUT2D eigenvalue weighted by Gasteiger charge is -2.13. The first-order valence-electron chi connectivity index (χ1n) is 6.86. The van der Waals surface area contributed by atoms with Gasteiger partial charge in [0.05, 0.1) is 0 Å². The number of fused-ring (bicyclic) bond motifs is 1. The van der Waals surface area contributed by atoms with E-state index < -0.39 is 0 Å². The van der Waals surface area contributed by atoms with Crippen molar-refractivity contribution < 1.29 is 4.74 Å². The molecule has 1 aliphatic heterocycles. The lowest BCUT2D eigenvalue weighted by molar-refractivity contribution is 0.313. The molecule has 2 aliphatic rings. The van der Waals surface area contributed by atoms with Crippen LogP contribution in [0.15, 0.2) is 83.7 Å². The van der Waals surface area contributed by atoms with Gasteiger partial charge in [0.15, 0.2) is 0 Å². The minimum atomic E-state index is 0.769. The van der Waals surface area contributed by atoms with Crippen LogP contribution in [0.1, 0.15) is 26.7 Å². The van der Waals surface area contributed by atoms with E-state index in [1.165, 1.54) is 11.1 Å². The molecule has 0 amide bonds. The Morgan fingerprint density at radius 1 is 1.25 bits per heavy atom. The van der Waals surface area contributed by atoms with Crippen molar-refractivity contribution in [2.45, 2.75) is 26.7 Å². The molecule has 0 radical (unpaired) electrons. The highest BCUT2D eigenvalue weighted by Gasteiger charge is 2.10. The van der Waals surface area contributed by atoms with Crippen LogP contribution in [0, 0.1) is 0 Å². The summed E-state index contributed by atoms with van der Waals surface area (Å²) < 4.78 is 5.90. The molecule has 0 saturated carbocycles. The average Bonchev–Trinajstić information content (AvgIpc) is 2.66. The second-order valence-electron chi connectivity index (χ2n) is 5.02. The topological polar surface area (TPSA) is 21.3 Å². The van der Waals surface area contributed by atoms with E-state index in [-0.39, 0.29) is 0 Å². The van der Waals surface area contributed by atoms with Crippen LogP contribution < -0.4 is 5.32 Å². The van der Waals surface area contributed by atoms with Crippen LogP contribution in [0.5, 0.6) is 0 Å². The van der Waals surface area contributed by atoms with Gasteiger partial charge in [-0.05, 0) is 56.3 Å². The predicted molar refractivity (Wildman–Crippen MR) is 84.6 cm³/mol. The molecular weight excluding hydrogens is 246 g/mol. The summed E-state index contributed by atoms with van der Waals surface area (Å²) in [6, 6.07) is 0. The molecule has 0 saturated heterocycles. The van der Waals surface area contributed by atoms with E-state index >= 15 is 0 Å². The number of rotatable bonds is 4. The number of nitrogens with one attached hydrogen (secondary N) is 1. The SMILES string of the molecule is C=C/C(=C\C=C(C)C)OC1=CC=C2NC=CCC2=CC1. The normalized spacial score (nSPS) is 17.7. The summed E-state index contributed by atoms with van der Waals surface area (Å²) >= 11 is 0. The van der Waals surface area contributed by atoms with Gasteiger partial charge in [0.1, 0.15) is 11.5 Å². The van der Waals surface area contributed by atoms with Crippen LogP contribution >= 0.6 is 0 Å². The largest absolute Gasteiger partial charge is 0.461 e. The number of hydrogen-bond acceptors (Lipinski definition) is 2. The van der Waals surface area contributed by atoms with E-state index in [2.05, 4.69) is 44.0 Å². The maximum Gasteiger partial charge on any atom is 0.126 e. The average molecular weight is 267 g/mol. The lowest BCUT2D eigenvalue weighted by Crippen LogP contribution is -2.10. The van der Waals surface area contributed by atoms with Crippen LogP contribution in [0.25, 0.3) is 0 Å². The van der Waals surface area contributed by atoms with Gasteiger partial charge in [-0.3, -0.25) is 0 Å². The molecule has 2 nitrogen and oxygen atoms in total. The molecule has 0 unspecified atom stereocenters. The van der Waals surface area contributed by atoms with Gasteiger partial charge in [-0.25, -0.2) is 0 Å². The fraction of sp³-hybridized carbons (Fsp3) is 0.222. The zero-order valence-electron chi connectivity index (χ0n) is 12.1. The van der Waals surface area contributed by atoms with Crippen molar-refractivity contribution in [1.29, 1.82) is 0 Å². The van der Waals surface area contributed by atoms with Gasteiger partial charge in [-0.1, -0.05) is 30.4 Å². The van der Waals surface area contributed by atoms with E-state index in [1.807, 2.05) is 24.4 Å². The Morgan fingerprint density at radius 3 is 2.85 bits per heavy atom. The summed E-state index contributed by atoms with van der Waals surface area (Å²) in [5.41, 5.74) is 3.70. The van der Waals surface area contributed by atoms with Gasteiger partial charge in [0.2, 0.25) is 0 Å². The first-order valence-corrected chi connectivity index (χ1v) is 6.86. The molecule has 0 fully saturated rings. The summed E-state index contributed by atoms with van der Waals surface area (Å²) in [4.78, 5) is 0. The van der Waals surface area contributed by atoms with Crippen LogP contribution in [0.3, 0.4) is 0 Å². The molecule has 2 heteroatoms. The summed E-state index contributed by atoms with van der Waals surface area (Å²) in [5.74, 6) is 1.69. The van der Waals surface area contributed by atoms with Crippen LogP contribution in [-0.4, -0.2) is 0 Å². The monoisotopic (exact) mass is 267 g/mol. The van der Waals surface area contributed by atoms with Crippen LogP contribution in [0.2, 0.25) is 0 Å². The molecule has 1 heterocycles. The second-order valence-corrected chi connectivity index (χ2v) is 5.02. The molecule has 0 aromatic heterocycles. The van der Waals surface area contributed by atoms with Crippen LogP contribution in [-0.2, 0) is 4.74 Å². The third-order valence-corrected chi connectivity index (χ3v) is 3.06. The maximum absolute atomic E-state index is 5.90. The Kier molecular flexibility index (Phi) is 4.83. The molecule has 0 aromatic carbocycles. The maximum atomic E-state index is 5.90. The smallest absolute Gasteiger partial charge is 0.126 e. The van der Waals surface area contributed by atoms with E-state index in [1.54, 1.807) is 6.08 Å². The molecule has 0 atom stereocenters. The highest BCUT2D eigenvalue weighted by atomic mass is 16.5. The van der Waals surface area contributed by atoms with Gasteiger partial charge < -0.3 is 10.1 Å². The molecular formula is C18H21NO. The molecule has 1 N–H and O–H groups in total. The summed E-state index contributed by atoms with van der Waals surface area (Å²) in [6.45, 7) is 7.91. The molecule has 0 aromatic rings. The molecule has 0 spiro atoms. The minimum Gasteiger partial charge on any atom is -0.461 e. The molecule has 20 heavy (non-hydrogen) atoms. The van der Waals surface area contributed by atoms with Crippen molar-refractivity contribution in [3.63, 3.8) is 0 Å². The van der Waals surface area contributed by atoms with Crippen molar-refractivity contribution in [1.82, 2.24) is 5.32 Å². The van der Waals surface area contributed by atoms with Crippen molar-refractivity contribution >= 4 is 0 Å². The highest BCUT2D eigenvalue weighted by Crippen LogP contribution is 2.24. The quantitative estimate of drug-likeness (QED) is 0.591. The van der Waals surface area contributed by atoms with Crippen molar-refractivity contribution in [3.8, 4) is 0 Å². The van der Waals surface area contributed by atoms with E-state index in [0.29, 0.717) is 0 Å². The Bertz CT molecular complexity index is 564. The third-order valence-electron chi connectivity index (χ3n) is 3.06. The van der Waals surface area contributed by atoms with E-state index in [4.69, 9.17) is 4.74 Å². The summed E-state index contributed by atoms with van der Waals surface area (Å²) in [5, 5.41) is 3.26. The van der Waals surface area contributed by atoms with Gasteiger partial charge in [-0.15, -0.1) is 0 Å². The molecule has 0 bridgehead atoms. The summed E-state index contributed by atoms with van der Waals surface area (Å²) in [7, 11) is 0. The fourth-order valence-electron chi connectivity index (χ4n) is 1.97. The number of hydrogen-bond donors (Lipinski definition) is 1. The lowest BCUT2D eigenvalue weighted by atomic mass is 10.1. The summed E-state index contributed by atoms with van der Waals surface area (Å²) in [6.07, 6.45) is 17.9. The van der Waals surface area contributed by atoms with Gasteiger partial charge >= 0.3 is 0 Å². The standard InChI is InChI=1S/C18H21NO/c1-4-16(9-7-14(2)3)20-17-10-8-15-6-5-13-19-18(15)12-11-17/h4-5,7-9,11-13,19H,1,6,10H2,2-3H3/b16-9+. The van der Waals surface area contributed by atoms with E-state index in [0.717, 1.165) is 30.1 Å². The Labute approximate surface area is 121 Å². The van der Waals surface area contributed by atoms with Gasteiger partial charge in [0.25, 0.3) is 0 Å². The highest BCUT2D eigenvalue weighted by molar-refractivity contribution is 5.41. The Balaban J connectivity index is 2.11.